The third-order valence-electron chi connectivity index (χ3n) is 9.44. The number of piperidine rings is 3. The molecule has 1 aromatic rings. The summed E-state index contributed by atoms with van der Waals surface area (Å²) in [6.45, 7) is 3.80. The van der Waals surface area contributed by atoms with Crippen molar-refractivity contribution in [3.05, 3.63) is 29.3 Å². The van der Waals surface area contributed by atoms with Crippen LogP contribution in [0.2, 0.25) is 5.02 Å². The number of amides is 1. The maximum absolute atomic E-state index is 14.0. The molecule has 204 valence electrons. The van der Waals surface area contributed by atoms with Crippen LogP contribution in [-0.4, -0.2) is 78.5 Å². The Labute approximate surface area is 226 Å². The highest BCUT2D eigenvalue weighted by molar-refractivity contribution is 7.89. The first-order valence-corrected chi connectivity index (χ1v) is 16.2. The lowest BCUT2D eigenvalue weighted by molar-refractivity contribution is -0.0163. The monoisotopic (exact) mass is 549 g/mol. The fraction of sp³-hybridized carbons (Fsp3) is 0.750. The zero-order valence-corrected chi connectivity index (χ0v) is 23.3. The van der Waals surface area contributed by atoms with E-state index < -0.39 is 15.6 Å². The van der Waals surface area contributed by atoms with Crippen molar-refractivity contribution in [2.75, 3.05) is 26.2 Å². The summed E-state index contributed by atoms with van der Waals surface area (Å²) in [4.78, 5) is 18.1. The van der Waals surface area contributed by atoms with Gasteiger partial charge in [-0.05, 0) is 107 Å². The summed E-state index contributed by atoms with van der Waals surface area (Å²) < 4.78 is 36.1. The zero-order chi connectivity index (χ0) is 25.6. The van der Waals surface area contributed by atoms with Crippen molar-refractivity contribution in [1.82, 2.24) is 14.1 Å². The van der Waals surface area contributed by atoms with E-state index in [1.54, 1.807) is 28.6 Å². The van der Waals surface area contributed by atoms with Crippen LogP contribution in [0.25, 0.3) is 0 Å². The van der Waals surface area contributed by atoms with E-state index in [9.17, 15) is 13.2 Å². The van der Waals surface area contributed by atoms with Gasteiger partial charge in [0.05, 0.1) is 10.9 Å². The van der Waals surface area contributed by atoms with Crippen molar-refractivity contribution in [3.8, 4) is 0 Å². The number of hydrogen-bond acceptors (Lipinski definition) is 5. The first-order valence-electron chi connectivity index (χ1n) is 14.4. The molecule has 1 amide bonds. The van der Waals surface area contributed by atoms with Gasteiger partial charge in [0, 0.05) is 30.2 Å². The SMILES string of the molecule is O=C(OC1([C@H]2CCC[C@@H](C3CC3)N2S(=O)(=O)c2ccc(Cl)cc2)CC1)N1CCC(N2CCCCC2)CC1. The summed E-state index contributed by atoms with van der Waals surface area (Å²) in [5.74, 6) is 0.408. The molecule has 1 aromatic carbocycles. The lowest BCUT2D eigenvalue weighted by Gasteiger charge is -2.45. The second-order valence-electron chi connectivity index (χ2n) is 11.9. The number of carbonyl (C=O) groups is 1. The largest absolute Gasteiger partial charge is 0.441 e. The molecule has 0 spiro atoms. The topological polar surface area (TPSA) is 70.2 Å². The minimum Gasteiger partial charge on any atom is -0.441 e. The van der Waals surface area contributed by atoms with Crippen LogP contribution >= 0.6 is 11.6 Å². The molecule has 2 atom stereocenters. The Morgan fingerprint density at radius 2 is 1.54 bits per heavy atom. The molecule has 0 radical (unpaired) electrons. The highest BCUT2D eigenvalue weighted by atomic mass is 35.5. The highest BCUT2D eigenvalue weighted by Gasteiger charge is 2.61. The van der Waals surface area contributed by atoms with Crippen LogP contribution in [0.15, 0.2) is 29.2 Å². The van der Waals surface area contributed by atoms with Gasteiger partial charge in [-0.2, -0.15) is 4.31 Å². The Morgan fingerprint density at radius 3 is 2.16 bits per heavy atom. The van der Waals surface area contributed by atoms with Gasteiger partial charge < -0.3 is 14.5 Å². The van der Waals surface area contributed by atoms with E-state index in [0.29, 0.717) is 17.0 Å². The fourth-order valence-electron chi connectivity index (χ4n) is 7.06. The molecule has 6 rings (SSSR count). The molecule has 37 heavy (non-hydrogen) atoms. The van der Waals surface area contributed by atoms with Crippen molar-refractivity contribution in [1.29, 1.82) is 0 Å². The van der Waals surface area contributed by atoms with Crippen LogP contribution in [0.4, 0.5) is 4.79 Å². The smallest absolute Gasteiger partial charge is 0.410 e. The molecule has 5 fully saturated rings. The van der Waals surface area contributed by atoms with E-state index in [4.69, 9.17) is 16.3 Å². The molecular weight excluding hydrogens is 510 g/mol. The molecule has 2 aliphatic carbocycles. The van der Waals surface area contributed by atoms with Crippen LogP contribution in [0.1, 0.15) is 77.0 Å². The van der Waals surface area contributed by atoms with E-state index in [1.165, 1.54) is 32.4 Å². The van der Waals surface area contributed by atoms with Crippen molar-refractivity contribution < 1.29 is 17.9 Å². The molecule has 0 N–H and O–H groups in total. The number of rotatable bonds is 6. The minimum absolute atomic E-state index is 0.0177. The van der Waals surface area contributed by atoms with Gasteiger partial charge in [-0.25, -0.2) is 13.2 Å². The molecule has 9 heteroatoms. The summed E-state index contributed by atoms with van der Waals surface area (Å²) in [5.41, 5.74) is -0.701. The highest BCUT2D eigenvalue weighted by Crippen LogP contribution is 2.53. The van der Waals surface area contributed by atoms with E-state index in [-0.39, 0.29) is 23.1 Å². The molecular formula is C28H40ClN3O4S. The molecule has 7 nitrogen and oxygen atoms in total. The lowest BCUT2D eigenvalue weighted by Crippen LogP contribution is -2.58. The molecule has 0 aromatic heterocycles. The average molecular weight is 550 g/mol. The number of carbonyl (C=O) groups excluding carboxylic acids is 1. The van der Waals surface area contributed by atoms with E-state index in [0.717, 1.165) is 70.9 Å². The third-order valence-corrected chi connectivity index (χ3v) is 11.6. The predicted molar refractivity (Wildman–Crippen MR) is 143 cm³/mol. The molecule has 0 unspecified atom stereocenters. The average Bonchev–Trinajstić information content (AvgIpc) is 3.85. The summed E-state index contributed by atoms with van der Waals surface area (Å²) in [6, 6.07) is 6.73. The Morgan fingerprint density at radius 1 is 0.865 bits per heavy atom. The van der Waals surface area contributed by atoms with Crippen LogP contribution in [0.5, 0.6) is 0 Å². The number of benzene rings is 1. The van der Waals surface area contributed by atoms with Gasteiger partial charge in [0.2, 0.25) is 10.0 Å². The second kappa shape index (κ2) is 10.3. The number of ether oxygens (including phenoxy) is 1. The van der Waals surface area contributed by atoms with Gasteiger partial charge in [0.25, 0.3) is 0 Å². The number of likely N-dealkylation sites (tertiary alicyclic amines) is 2. The number of sulfonamides is 1. The second-order valence-corrected chi connectivity index (χ2v) is 14.2. The van der Waals surface area contributed by atoms with Crippen LogP contribution in [0, 0.1) is 5.92 Å². The van der Waals surface area contributed by atoms with Crippen LogP contribution in [-0.2, 0) is 14.8 Å². The Hall–Kier alpha value is -1.35. The standard InChI is InChI=1S/C28H40ClN3O4S/c29-22-9-11-24(12-10-22)37(34,35)32-25(21-7-8-21)5-4-6-26(32)28(15-16-28)36-27(33)31-19-13-23(14-20-31)30-17-2-1-3-18-30/h9-12,21,23,25-26H,1-8,13-20H2/t25-,26+/m0/s1. The van der Waals surface area contributed by atoms with E-state index in [2.05, 4.69) is 4.90 Å². The Kier molecular flexibility index (Phi) is 7.23. The molecule has 0 bridgehead atoms. The minimum atomic E-state index is -3.74. The molecule has 3 heterocycles. The first kappa shape index (κ1) is 25.9. The van der Waals surface area contributed by atoms with Crippen LogP contribution in [0.3, 0.4) is 0 Å². The number of nitrogens with zero attached hydrogens (tertiary/aromatic N) is 3. The number of halogens is 1. The van der Waals surface area contributed by atoms with E-state index in [1.807, 2.05) is 4.90 Å². The van der Waals surface area contributed by atoms with Gasteiger partial charge in [-0.1, -0.05) is 24.4 Å². The summed E-state index contributed by atoms with van der Waals surface area (Å²) >= 11 is 6.06. The summed E-state index contributed by atoms with van der Waals surface area (Å²) in [5, 5.41) is 0.518. The lowest BCUT2D eigenvalue weighted by atomic mass is 9.91. The summed E-state index contributed by atoms with van der Waals surface area (Å²) in [6.07, 6.45) is 11.8. The van der Waals surface area contributed by atoms with Gasteiger partial charge in [0.15, 0.2) is 0 Å². The van der Waals surface area contributed by atoms with Gasteiger partial charge in [-0.15, -0.1) is 0 Å². The quantitative estimate of drug-likeness (QED) is 0.483. The fourth-order valence-corrected chi connectivity index (χ4v) is 9.18. The van der Waals surface area contributed by atoms with Gasteiger partial charge in [0.1, 0.15) is 5.60 Å². The zero-order valence-electron chi connectivity index (χ0n) is 21.7. The van der Waals surface area contributed by atoms with Gasteiger partial charge >= 0.3 is 6.09 Å². The van der Waals surface area contributed by atoms with Crippen LogP contribution < -0.4 is 0 Å². The molecule has 3 aliphatic heterocycles. The number of hydrogen-bond donors (Lipinski definition) is 0. The predicted octanol–water partition coefficient (Wildman–Crippen LogP) is 5.28. The molecule has 5 aliphatic rings. The van der Waals surface area contributed by atoms with Crippen molar-refractivity contribution in [3.63, 3.8) is 0 Å². The maximum Gasteiger partial charge on any atom is 0.410 e. The Bertz CT molecular complexity index is 1080. The molecule has 2 saturated carbocycles. The van der Waals surface area contributed by atoms with Crippen molar-refractivity contribution in [2.24, 2.45) is 5.92 Å². The normalized spacial score (nSPS) is 29.7. The maximum atomic E-state index is 14.0. The summed E-state index contributed by atoms with van der Waals surface area (Å²) in [7, 11) is -3.74. The van der Waals surface area contributed by atoms with Gasteiger partial charge in [-0.3, -0.25) is 0 Å². The van der Waals surface area contributed by atoms with Crippen molar-refractivity contribution >= 4 is 27.7 Å². The Balaban J connectivity index is 1.17. The molecule has 3 saturated heterocycles. The first-order chi connectivity index (χ1) is 17.9. The van der Waals surface area contributed by atoms with E-state index >= 15 is 0 Å². The third kappa shape index (κ3) is 5.28. The van der Waals surface area contributed by atoms with Crippen molar-refractivity contribution in [2.45, 2.75) is 106 Å².